The van der Waals surface area contributed by atoms with Crippen LogP contribution in [0.25, 0.3) is 11.3 Å². The average Bonchev–Trinajstić information content (AvgIpc) is 3.60. The van der Waals surface area contributed by atoms with Crippen LogP contribution in [-0.2, 0) is 22.7 Å². The van der Waals surface area contributed by atoms with E-state index in [1.807, 2.05) is 36.4 Å². The Hall–Kier alpha value is -3.12. The van der Waals surface area contributed by atoms with E-state index in [4.69, 9.17) is 9.47 Å². The van der Waals surface area contributed by atoms with Gasteiger partial charge in [0.1, 0.15) is 0 Å². The molecule has 0 saturated heterocycles. The molecule has 1 saturated carbocycles. The minimum atomic E-state index is -0.465. The molecule has 148 valence electrons. The van der Waals surface area contributed by atoms with E-state index in [9.17, 15) is 4.79 Å². The number of hydrogen-bond donors (Lipinski definition) is 0. The van der Waals surface area contributed by atoms with Gasteiger partial charge in [-0.1, -0.05) is 30.3 Å². The van der Waals surface area contributed by atoms with Gasteiger partial charge in [-0.25, -0.2) is 9.78 Å². The van der Waals surface area contributed by atoms with E-state index in [1.165, 1.54) is 0 Å². The first kappa shape index (κ1) is 19.2. The Morgan fingerprint density at radius 1 is 1.00 bits per heavy atom. The van der Waals surface area contributed by atoms with E-state index in [0.29, 0.717) is 30.4 Å². The molecule has 0 N–H and O–H groups in total. The predicted molar refractivity (Wildman–Crippen MR) is 108 cm³/mol. The molecule has 29 heavy (non-hydrogen) atoms. The third-order valence-electron chi connectivity index (χ3n) is 4.74. The van der Waals surface area contributed by atoms with Gasteiger partial charge in [0.2, 0.25) is 0 Å². The van der Waals surface area contributed by atoms with Crippen molar-refractivity contribution >= 4 is 5.97 Å². The lowest BCUT2D eigenvalue weighted by atomic mass is 10.1. The van der Waals surface area contributed by atoms with Crippen molar-refractivity contribution in [1.82, 2.24) is 15.0 Å². The zero-order chi connectivity index (χ0) is 20.1. The molecule has 6 heteroatoms. The highest BCUT2D eigenvalue weighted by atomic mass is 16.5. The number of rotatable bonds is 8. The van der Waals surface area contributed by atoms with Gasteiger partial charge in [0.25, 0.3) is 0 Å². The Balaban J connectivity index is 1.55. The first-order valence-electron chi connectivity index (χ1n) is 9.84. The van der Waals surface area contributed by atoms with Gasteiger partial charge in [-0.15, -0.1) is 0 Å². The van der Waals surface area contributed by atoms with Crippen LogP contribution in [0, 0.1) is 0 Å². The van der Waals surface area contributed by atoms with Gasteiger partial charge < -0.3 is 9.47 Å². The number of carbonyl (C=O) groups excluding carboxylic acids is 1. The topological polar surface area (TPSA) is 74.2 Å². The highest BCUT2D eigenvalue weighted by Crippen LogP contribution is 2.38. The zero-order valence-corrected chi connectivity index (χ0v) is 16.4. The molecule has 0 spiro atoms. The number of aromatic nitrogens is 3. The Labute approximate surface area is 170 Å². The molecule has 0 radical (unpaired) electrons. The van der Waals surface area contributed by atoms with Gasteiger partial charge in [0, 0.05) is 23.9 Å². The molecular formula is C23H23N3O3. The average molecular weight is 389 g/mol. The van der Waals surface area contributed by atoms with Gasteiger partial charge in [-0.3, -0.25) is 9.97 Å². The lowest BCUT2D eigenvalue weighted by Gasteiger charge is -2.11. The molecule has 0 aliphatic heterocycles. The van der Waals surface area contributed by atoms with Crippen molar-refractivity contribution in [2.45, 2.75) is 38.9 Å². The summed E-state index contributed by atoms with van der Waals surface area (Å²) in [5, 5.41) is 0. The molecule has 1 aliphatic rings. The first-order chi connectivity index (χ1) is 14.2. The van der Waals surface area contributed by atoms with E-state index < -0.39 is 5.97 Å². The molecule has 2 heterocycles. The molecule has 3 aromatic rings. The quantitative estimate of drug-likeness (QED) is 0.535. The summed E-state index contributed by atoms with van der Waals surface area (Å²) in [6.07, 6.45) is 7.48. The summed E-state index contributed by atoms with van der Waals surface area (Å²) in [6.45, 7) is 2.94. The number of nitrogens with zero attached hydrogens (tertiary/aromatic N) is 3. The third-order valence-corrected chi connectivity index (χ3v) is 4.74. The van der Waals surface area contributed by atoms with Crippen molar-refractivity contribution in [3.8, 4) is 11.3 Å². The molecule has 4 rings (SSSR count). The summed E-state index contributed by atoms with van der Waals surface area (Å²) in [4.78, 5) is 25.8. The number of esters is 1. The summed E-state index contributed by atoms with van der Waals surface area (Å²) >= 11 is 0. The van der Waals surface area contributed by atoms with Crippen molar-refractivity contribution in [3.63, 3.8) is 0 Å². The van der Waals surface area contributed by atoms with Crippen molar-refractivity contribution in [2.24, 2.45) is 0 Å². The highest BCUT2D eigenvalue weighted by Gasteiger charge is 2.25. The van der Waals surface area contributed by atoms with Crippen LogP contribution in [0.3, 0.4) is 0 Å². The van der Waals surface area contributed by atoms with E-state index in [-0.39, 0.29) is 12.3 Å². The monoisotopic (exact) mass is 389 g/mol. The number of pyridine rings is 1. The highest BCUT2D eigenvalue weighted by molar-refractivity contribution is 5.94. The molecule has 0 unspecified atom stereocenters. The summed E-state index contributed by atoms with van der Waals surface area (Å²) in [5.41, 5.74) is 4.42. The largest absolute Gasteiger partial charge is 0.461 e. The summed E-state index contributed by atoms with van der Waals surface area (Å²) in [5.74, 6) is 0.0595. The fourth-order valence-corrected chi connectivity index (χ4v) is 3.07. The van der Waals surface area contributed by atoms with Gasteiger partial charge in [-0.2, -0.15) is 0 Å². The standard InChI is InChI=1S/C23H23N3O3/c1-2-29-23(27)22-19(21-13-24-20(12-25-21)18-8-9-18)10-17(11-26-22)15-28-14-16-6-4-3-5-7-16/h3-7,10-13,18H,2,8-9,14-15H2,1H3. The number of carbonyl (C=O) groups is 1. The van der Waals surface area contributed by atoms with Crippen molar-refractivity contribution in [3.05, 3.63) is 77.5 Å². The van der Waals surface area contributed by atoms with Crippen LogP contribution in [-0.4, -0.2) is 27.5 Å². The second kappa shape index (κ2) is 8.92. The Bertz CT molecular complexity index is 970. The van der Waals surface area contributed by atoms with Gasteiger partial charge in [0.15, 0.2) is 5.69 Å². The molecule has 0 atom stereocenters. The number of benzene rings is 1. The van der Waals surface area contributed by atoms with Gasteiger partial charge >= 0.3 is 5.97 Å². The van der Waals surface area contributed by atoms with Gasteiger partial charge in [0.05, 0.1) is 37.4 Å². The minimum absolute atomic E-state index is 0.243. The SMILES string of the molecule is CCOC(=O)c1ncc(COCc2ccccc2)cc1-c1cnc(C2CC2)cn1. The zero-order valence-electron chi connectivity index (χ0n) is 16.4. The Morgan fingerprint density at radius 2 is 1.79 bits per heavy atom. The number of ether oxygens (including phenoxy) is 2. The van der Waals surface area contributed by atoms with E-state index in [0.717, 1.165) is 29.7 Å². The normalized spacial score (nSPS) is 13.3. The van der Waals surface area contributed by atoms with Crippen molar-refractivity contribution < 1.29 is 14.3 Å². The van der Waals surface area contributed by atoms with Crippen molar-refractivity contribution in [2.75, 3.05) is 6.61 Å². The van der Waals surface area contributed by atoms with Crippen LogP contribution in [0.2, 0.25) is 0 Å². The van der Waals surface area contributed by atoms with E-state index in [2.05, 4.69) is 15.0 Å². The molecule has 1 aromatic carbocycles. The maximum Gasteiger partial charge on any atom is 0.357 e. The van der Waals surface area contributed by atoms with Crippen LogP contribution in [0.4, 0.5) is 0 Å². The number of hydrogen-bond acceptors (Lipinski definition) is 6. The molecule has 6 nitrogen and oxygen atoms in total. The molecule has 1 aliphatic carbocycles. The lowest BCUT2D eigenvalue weighted by Crippen LogP contribution is -2.10. The summed E-state index contributed by atoms with van der Waals surface area (Å²) in [7, 11) is 0. The van der Waals surface area contributed by atoms with Crippen LogP contribution >= 0.6 is 0 Å². The first-order valence-corrected chi connectivity index (χ1v) is 9.84. The van der Waals surface area contributed by atoms with E-state index >= 15 is 0 Å². The van der Waals surface area contributed by atoms with Crippen LogP contribution in [0.15, 0.2) is 55.0 Å². The second-order valence-corrected chi connectivity index (χ2v) is 7.04. The van der Waals surface area contributed by atoms with Crippen LogP contribution in [0.5, 0.6) is 0 Å². The van der Waals surface area contributed by atoms with E-state index in [1.54, 1.807) is 25.5 Å². The fourth-order valence-electron chi connectivity index (χ4n) is 3.07. The Morgan fingerprint density at radius 3 is 2.48 bits per heavy atom. The molecular weight excluding hydrogens is 366 g/mol. The maximum absolute atomic E-state index is 12.4. The lowest BCUT2D eigenvalue weighted by molar-refractivity contribution is 0.0520. The van der Waals surface area contributed by atoms with Crippen molar-refractivity contribution in [1.29, 1.82) is 0 Å². The Kier molecular flexibility index (Phi) is 5.91. The molecule has 1 fully saturated rings. The fraction of sp³-hybridized carbons (Fsp3) is 0.304. The summed E-state index contributed by atoms with van der Waals surface area (Å²) < 4.78 is 11.0. The maximum atomic E-state index is 12.4. The summed E-state index contributed by atoms with van der Waals surface area (Å²) in [6, 6.07) is 11.9. The smallest absolute Gasteiger partial charge is 0.357 e. The molecule has 2 aromatic heterocycles. The second-order valence-electron chi connectivity index (χ2n) is 7.04. The van der Waals surface area contributed by atoms with Gasteiger partial charge in [-0.05, 0) is 37.0 Å². The molecule has 0 amide bonds. The third kappa shape index (κ3) is 4.84. The molecule has 0 bridgehead atoms. The van der Waals surface area contributed by atoms with Crippen LogP contribution in [0.1, 0.15) is 53.0 Å². The predicted octanol–water partition coefficient (Wildman–Crippen LogP) is 4.31. The minimum Gasteiger partial charge on any atom is -0.461 e. The van der Waals surface area contributed by atoms with Crippen LogP contribution < -0.4 is 0 Å².